The van der Waals surface area contributed by atoms with Crippen LogP contribution in [0.15, 0.2) is 66.0 Å². The molecular formula is C19H12FNOS. The van der Waals surface area contributed by atoms with Gasteiger partial charge in [0, 0.05) is 16.8 Å². The van der Waals surface area contributed by atoms with Crippen LogP contribution in [0.25, 0.3) is 0 Å². The summed E-state index contributed by atoms with van der Waals surface area (Å²) in [5, 5.41) is 4.76. The number of halogens is 1. The highest BCUT2D eigenvalue weighted by Crippen LogP contribution is 2.13. The third kappa shape index (κ3) is 4.06. The van der Waals surface area contributed by atoms with Crippen LogP contribution in [0.2, 0.25) is 0 Å². The second-order valence-electron chi connectivity index (χ2n) is 4.77. The molecule has 3 aromatic rings. The van der Waals surface area contributed by atoms with Gasteiger partial charge in [-0.25, -0.2) is 4.39 Å². The van der Waals surface area contributed by atoms with E-state index in [1.54, 1.807) is 17.4 Å². The zero-order valence-corrected chi connectivity index (χ0v) is 12.9. The molecule has 4 heteroatoms. The van der Waals surface area contributed by atoms with Crippen LogP contribution >= 0.6 is 11.3 Å². The highest BCUT2D eigenvalue weighted by atomic mass is 32.1. The van der Waals surface area contributed by atoms with E-state index in [0.29, 0.717) is 11.3 Å². The molecule has 1 aromatic heterocycles. The van der Waals surface area contributed by atoms with Gasteiger partial charge in [-0.05, 0) is 53.9 Å². The number of nitrogens with one attached hydrogen (secondary N) is 1. The van der Waals surface area contributed by atoms with Crippen molar-refractivity contribution in [3.8, 4) is 11.8 Å². The first-order valence-corrected chi connectivity index (χ1v) is 7.81. The minimum Gasteiger partial charge on any atom is -0.322 e. The fourth-order valence-corrected chi connectivity index (χ4v) is 2.53. The first-order chi connectivity index (χ1) is 11.2. The van der Waals surface area contributed by atoms with Crippen molar-refractivity contribution < 1.29 is 9.18 Å². The maximum Gasteiger partial charge on any atom is 0.255 e. The van der Waals surface area contributed by atoms with E-state index >= 15 is 0 Å². The Bertz CT molecular complexity index is 874. The number of anilines is 1. The molecular weight excluding hydrogens is 309 g/mol. The summed E-state index contributed by atoms with van der Waals surface area (Å²) in [6.45, 7) is 0. The van der Waals surface area contributed by atoms with Gasteiger partial charge in [-0.1, -0.05) is 24.0 Å². The zero-order chi connectivity index (χ0) is 16.1. The smallest absolute Gasteiger partial charge is 0.255 e. The molecule has 0 aliphatic heterocycles. The van der Waals surface area contributed by atoms with Gasteiger partial charge in [0.1, 0.15) is 5.82 Å². The number of hydrogen-bond donors (Lipinski definition) is 1. The SMILES string of the molecule is O=C(Nc1cccc(C#Cc2cccs2)c1)c1ccc(F)cc1. The molecule has 3 rings (SSSR count). The summed E-state index contributed by atoms with van der Waals surface area (Å²) in [6, 6.07) is 16.6. The number of thiophene rings is 1. The maximum atomic E-state index is 12.9. The van der Waals surface area contributed by atoms with Crippen LogP contribution < -0.4 is 5.32 Å². The van der Waals surface area contributed by atoms with E-state index in [9.17, 15) is 9.18 Å². The molecule has 0 unspecified atom stereocenters. The van der Waals surface area contributed by atoms with Gasteiger partial charge >= 0.3 is 0 Å². The highest BCUT2D eigenvalue weighted by Gasteiger charge is 2.06. The number of carbonyl (C=O) groups excluding carboxylic acids is 1. The Morgan fingerprint density at radius 3 is 2.57 bits per heavy atom. The van der Waals surface area contributed by atoms with Crippen LogP contribution in [0.1, 0.15) is 20.8 Å². The first kappa shape index (κ1) is 15.0. The summed E-state index contributed by atoms with van der Waals surface area (Å²) in [5.74, 6) is 5.49. The van der Waals surface area contributed by atoms with Crippen molar-refractivity contribution in [2.75, 3.05) is 5.32 Å². The van der Waals surface area contributed by atoms with Gasteiger partial charge in [-0.15, -0.1) is 11.3 Å². The Morgan fingerprint density at radius 1 is 1.00 bits per heavy atom. The second-order valence-corrected chi connectivity index (χ2v) is 5.72. The van der Waals surface area contributed by atoms with Gasteiger partial charge in [-0.2, -0.15) is 0 Å². The molecule has 0 aliphatic rings. The van der Waals surface area contributed by atoms with Crippen molar-refractivity contribution in [2.24, 2.45) is 0 Å². The minimum atomic E-state index is -0.368. The van der Waals surface area contributed by atoms with Crippen LogP contribution in [0, 0.1) is 17.7 Å². The largest absolute Gasteiger partial charge is 0.322 e. The molecule has 23 heavy (non-hydrogen) atoms. The normalized spacial score (nSPS) is 9.78. The third-order valence-electron chi connectivity index (χ3n) is 3.08. The number of benzene rings is 2. The monoisotopic (exact) mass is 321 g/mol. The van der Waals surface area contributed by atoms with Gasteiger partial charge in [0.2, 0.25) is 0 Å². The molecule has 1 N–H and O–H groups in total. The molecule has 0 radical (unpaired) electrons. The molecule has 0 saturated heterocycles. The van der Waals surface area contributed by atoms with Crippen LogP contribution in [-0.4, -0.2) is 5.91 Å². The average Bonchev–Trinajstić information content (AvgIpc) is 3.07. The van der Waals surface area contributed by atoms with Crippen LogP contribution in [0.4, 0.5) is 10.1 Å². The molecule has 0 bridgehead atoms. The van der Waals surface area contributed by atoms with Crippen molar-refractivity contribution in [3.63, 3.8) is 0 Å². The van der Waals surface area contributed by atoms with Gasteiger partial charge in [0.15, 0.2) is 0 Å². The molecule has 0 fully saturated rings. The van der Waals surface area contributed by atoms with Crippen molar-refractivity contribution in [3.05, 3.63) is 87.9 Å². The number of amides is 1. The number of rotatable bonds is 2. The van der Waals surface area contributed by atoms with Crippen LogP contribution in [0.3, 0.4) is 0 Å². The van der Waals surface area contributed by atoms with Gasteiger partial charge < -0.3 is 5.32 Å². The molecule has 0 spiro atoms. The van der Waals surface area contributed by atoms with E-state index in [1.165, 1.54) is 24.3 Å². The summed E-state index contributed by atoms with van der Waals surface area (Å²) in [5.41, 5.74) is 1.87. The van der Waals surface area contributed by atoms with Crippen molar-refractivity contribution in [1.82, 2.24) is 0 Å². The lowest BCUT2D eigenvalue weighted by Gasteiger charge is -2.05. The van der Waals surface area contributed by atoms with Crippen molar-refractivity contribution in [1.29, 1.82) is 0 Å². The van der Waals surface area contributed by atoms with Crippen molar-refractivity contribution in [2.45, 2.75) is 0 Å². The Morgan fingerprint density at radius 2 is 1.83 bits per heavy atom. The zero-order valence-electron chi connectivity index (χ0n) is 12.0. The van der Waals surface area contributed by atoms with E-state index in [2.05, 4.69) is 17.2 Å². The topological polar surface area (TPSA) is 29.1 Å². The van der Waals surface area contributed by atoms with Crippen LogP contribution in [-0.2, 0) is 0 Å². The number of carbonyl (C=O) groups is 1. The molecule has 2 nitrogen and oxygen atoms in total. The van der Waals surface area contributed by atoms with E-state index in [1.807, 2.05) is 35.7 Å². The standard InChI is InChI=1S/C19H12FNOS/c20-16-9-7-15(8-10-16)19(22)21-17-4-1-3-14(13-17)6-11-18-5-2-12-23-18/h1-5,7-10,12-13H,(H,21,22). The fraction of sp³-hybridized carbons (Fsp3) is 0. The minimum absolute atomic E-state index is 0.284. The van der Waals surface area contributed by atoms with Crippen LogP contribution in [0.5, 0.6) is 0 Å². The summed E-state index contributed by atoms with van der Waals surface area (Å²) in [4.78, 5) is 13.1. The molecule has 2 aromatic carbocycles. The Balaban J connectivity index is 1.75. The first-order valence-electron chi connectivity index (χ1n) is 6.93. The van der Waals surface area contributed by atoms with E-state index in [4.69, 9.17) is 0 Å². The quantitative estimate of drug-likeness (QED) is 0.690. The van der Waals surface area contributed by atoms with Gasteiger partial charge in [-0.3, -0.25) is 4.79 Å². The lowest BCUT2D eigenvalue weighted by molar-refractivity contribution is 0.102. The summed E-state index contributed by atoms with van der Waals surface area (Å²) >= 11 is 1.58. The third-order valence-corrected chi connectivity index (χ3v) is 3.86. The summed E-state index contributed by atoms with van der Waals surface area (Å²) in [7, 11) is 0. The molecule has 1 heterocycles. The van der Waals surface area contributed by atoms with Crippen molar-refractivity contribution >= 4 is 22.9 Å². The van der Waals surface area contributed by atoms with E-state index in [-0.39, 0.29) is 11.7 Å². The Kier molecular flexibility index (Phi) is 4.51. The molecule has 0 saturated carbocycles. The van der Waals surface area contributed by atoms with E-state index in [0.717, 1.165) is 10.4 Å². The molecule has 0 atom stereocenters. The summed E-state index contributed by atoms with van der Waals surface area (Å²) in [6.07, 6.45) is 0. The summed E-state index contributed by atoms with van der Waals surface area (Å²) < 4.78 is 12.9. The fourth-order valence-electron chi connectivity index (χ4n) is 1.96. The van der Waals surface area contributed by atoms with Gasteiger partial charge in [0.25, 0.3) is 5.91 Å². The average molecular weight is 321 g/mol. The predicted octanol–water partition coefficient (Wildman–Crippen LogP) is 4.54. The highest BCUT2D eigenvalue weighted by molar-refractivity contribution is 7.10. The Labute approximate surface area is 137 Å². The second kappa shape index (κ2) is 6.91. The molecule has 0 aliphatic carbocycles. The lowest BCUT2D eigenvalue weighted by Crippen LogP contribution is -2.11. The molecule has 112 valence electrons. The Hall–Kier alpha value is -2.90. The van der Waals surface area contributed by atoms with E-state index < -0.39 is 0 Å². The van der Waals surface area contributed by atoms with Gasteiger partial charge in [0.05, 0.1) is 4.88 Å². The lowest BCUT2D eigenvalue weighted by atomic mass is 10.1. The maximum absolute atomic E-state index is 12.9. The predicted molar refractivity (Wildman–Crippen MR) is 91.1 cm³/mol. The molecule has 1 amide bonds. The number of hydrogen-bond acceptors (Lipinski definition) is 2.